The molecule has 0 unspecified atom stereocenters. The van der Waals surface area contributed by atoms with Gasteiger partial charge in [0.25, 0.3) is 0 Å². The largest absolute Gasteiger partial charge is 0.343 e. The van der Waals surface area contributed by atoms with Gasteiger partial charge in [0.1, 0.15) is 0 Å². The molecule has 0 saturated carbocycles. The summed E-state index contributed by atoms with van der Waals surface area (Å²) < 4.78 is 0. The Balaban J connectivity index is 1.86. The highest BCUT2D eigenvalue weighted by Gasteiger charge is 2.19. The highest BCUT2D eigenvalue weighted by Crippen LogP contribution is 2.18. The molecule has 0 spiro atoms. The Labute approximate surface area is 116 Å². The number of benzene rings is 1. The van der Waals surface area contributed by atoms with E-state index < -0.39 is 0 Å². The van der Waals surface area contributed by atoms with E-state index in [-0.39, 0.29) is 0 Å². The van der Waals surface area contributed by atoms with E-state index in [9.17, 15) is 4.79 Å². The van der Waals surface area contributed by atoms with Crippen LogP contribution in [0.15, 0.2) is 18.2 Å². The number of amides is 1. The summed E-state index contributed by atoms with van der Waals surface area (Å²) in [6, 6.07) is 6.49. The molecule has 104 valence electrons. The van der Waals surface area contributed by atoms with Gasteiger partial charge in [-0.15, -0.1) is 0 Å². The van der Waals surface area contributed by atoms with Crippen LogP contribution >= 0.6 is 0 Å². The molecule has 1 fully saturated rings. The Kier molecular flexibility index (Phi) is 4.62. The van der Waals surface area contributed by atoms with Gasteiger partial charge in [-0.2, -0.15) is 0 Å². The molecule has 1 aliphatic heterocycles. The molecule has 0 N–H and O–H groups in total. The van der Waals surface area contributed by atoms with Crippen molar-refractivity contribution in [1.29, 1.82) is 0 Å². The number of aryl methyl sites for hydroxylation is 3. The Bertz CT molecular complexity index is 445. The number of piperidine rings is 1. The Hall–Kier alpha value is -1.31. The molecule has 2 rings (SSSR count). The van der Waals surface area contributed by atoms with Gasteiger partial charge in [0, 0.05) is 19.5 Å². The summed E-state index contributed by atoms with van der Waals surface area (Å²) in [5, 5.41) is 0. The van der Waals surface area contributed by atoms with E-state index in [1.54, 1.807) is 0 Å². The third-order valence-electron chi connectivity index (χ3n) is 4.24. The Morgan fingerprint density at radius 1 is 1.26 bits per heavy atom. The normalized spacial score (nSPS) is 16.7. The van der Waals surface area contributed by atoms with Crippen molar-refractivity contribution in [3.05, 3.63) is 34.9 Å². The molecule has 0 aliphatic carbocycles. The molecular formula is C17H25NO. The van der Waals surface area contributed by atoms with Gasteiger partial charge < -0.3 is 4.90 Å². The lowest BCUT2D eigenvalue weighted by Gasteiger charge is -2.30. The van der Waals surface area contributed by atoms with Crippen LogP contribution in [-0.4, -0.2) is 23.9 Å². The fourth-order valence-electron chi connectivity index (χ4n) is 2.78. The van der Waals surface area contributed by atoms with Crippen LogP contribution in [0.1, 0.15) is 42.9 Å². The standard InChI is InChI=1S/C17H25NO/c1-13-8-10-18(11-9-13)17(19)7-6-16-5-4-14(2)12-15(16)3/h4-5,12-13H,6-11H2,1-3H3. The number of rotatable bonds is 3. The summed E-state index contributed by atoms with van der Waals surface area (Å²) in [6.45, 7) is 8.42. The SMILES string of the molecule is Cc1ccc(CCC(=O)N2CCC(C)CC2)c(C)c1. The fraction of sp³-hybridized carbons (Fsp3) is 0.588. The van der Waals surface area contributed by atoms with Crippen LogP contribution in [-0.2, 0) is 11.2 Å². The van der Waals surface area contributed by atoms with Crippen LogP contribution in [0.3, 0.4) is 0 Å². The topological polar surface area (TPSA) is 20.3 Å². The molecule has 1 saturated heterocycles. The van der Waals surface area contributed by atoms with E-state index in [2.05, 4.69) is 39.0 Å². The molecule has 1 aromatic carbocycles. The van der Waals surface area contributed by atoms with Crippen LogP contribution in [0, 0.1) is 19.8 Å². The van der Waals surface area contributed by atoms with Gasteiger partial charge in [-0.3, -0.25) is 4.79 Å². The third-order valence-corrected chi connectivity index (χ3v) is 4.24. The first-order valence-electron chi connectivity index (χ1n) is 7.40. The maximum absolute atomic E-state index is 12.2. The summed E-state index contributed by atoms with van der Waals surface area (Å²) in [5.41, 5.74) is 3.90. The summed E-state index contributed by atoms with van der Waals surface area (Å²) in [5.74, 6) is 1.11. The lowest BCUT2D eigenvalue weighted by Crippen LogP contribution is -2.38. The maximum atomic E-state index is 12.2. The van der Waals surface area contributed by atoms with Gasteiger partial charge in [0.2, 0.25) is 5.91 Å². The highest BCUT2D eigenvalue weighted by atomic mass is 16.2. The van der Waals surface area contributed by atoms with Gasteiger partial charge in [-0.25, -0.2) is 0 Å². The van der Waals surface area contributed by atoms with Crippen molar-refractivity contribution >= 4 is 5.91 Å². The zero-order chi connectivity index (χ0) is 13.8. The minimum atomic E-state index is 0.326. The minimum absolute atomic E-state index is 0.326. The number of hydrogen-bond donors (Lipinski definition) is 0. The van der Waals surface area contributed by atoms with Crippen LogP contribution in [0.2, 0.25) is 0 Å². The predicted molar refractivity (Wildman–Crippen MR) is 79.2 cm³/mol. The lowest BCUT2D eigenvalue weighted by molar-refractivity contribution is -0.132. The first kappa shape index (κ1) is 14.1. The van der Waals surface area contributed by atoms with Gasteiger partial charge in [0.05, 0.1) is 0 Å². The van der Waals surface area contributed by atoms with Crippen molar-refractivity contribution in [3.8, 4) is 0 Å². The number of carbonyl (C=O) groups excluding carboxylic acids is 1. The van der Waals surface area contributed by atoms with E-state index in [0.29, 0.717) is 12.3 Å². The van der Waals surface area contributed by atoms with Crippen molar-refractivity contribution < 1.29 is 4.79 Å². The molecule has 19 heavy (non-hydrogen) atoms. The number of nitrogens with zero attached hydrogens (tertiary/aromatic N) is 1. The molecule has 0 atom stereocenters. The van der Waals surface area contributed by atoms with E-state index in [4.69, 9.17) is 0 Å². The van der Waals surface area contributed by atoms with Gasteiger partial charge >= 0.3 is 0 Å². The smallest absolute Gasteiger partial charge is 0.222 e. The predicted octanol–water partition coefficient (Wildman–Crippen LogP) is 3.49. The van der Waals surface area contributed by atoms with Gasteiger partial charge in [-0.1, -0.05) is 30.7 Å². The molecule has 0 bridgehead atoms. The summed E-state index contributed by atoms with van der Waals surface area (Å²) >= 11 is 0. The number of hydrogen-bond acceptors (Lipinski definition) is 1. The van der Waals surface area contributed by atoms with E-state index in [1.165, 1.54) is 16.7 Å². The number of carbonyl (C=O) groups is 1. The van der Waals surface area contributed by atoms with Crippen molar-refractivity contribution in [2.24, 2.45) is 5.92 Å². The second-order valence-corrected chi connectivity index (χ2v) is 5.99. The second kappa shape index (κ2) is 6.23. The van der Waals surface area contributed by atoms with Crippen LogP contribution in [0.25, 0.3) is 0 Å². The molecule has 1 aliphatic rings. The lowest BCUT2D eigenvalue weighted by atomic mass is 9.98. The van der Waals surface area contributed by atoms with Gasteiger partial charge in [0.15, 0.2) is 0 Å². The van der Waals surface area contributed by atoms with Crippen LogP contribution in [0.4, 0.5) is 0 Å². The quantitative estimate of drug-likeness (QED) is 0.813. The second-order valence-electron chi connectivity index (χ2n) is 5.99. The van der Waals surface area contributed by atoms with Crippen molar-refractivity contribution in [2.75, 3.05) is 13.1 Å². The van der Waals surface area contributed by atoms with Crippen LogP contribution < -0.4 is 0 Å². The molecular weight excluding hydrogens is 234 g/mol. The van der Waals surface area contributed by atoms with Crippen molar-refractivity contribution in [1.82, 2.24) is 4.90 Å². The van der Waals surface area contributed by atoms with E-state index in [1.807, 2.05) is 4.90 Å². The Morgan fingerprint density at radius 2 is 1.95 bits per heavy atom. The monoisotopic (exact) mass is 259 g/mol. The Morgan fingerprint density at radius 3 is 2.58 bits per heavy atom. The number of likely N-dealkylation sites (tertiary alicyclic amines) is 1. The van der Waals surface area contributed by atoms with E-state index >= 15 is 0 Å². The summed E-state index contributed by atoms with van der Waals surface area (Å²) in [6.07, 6.45) is 3.85. The molecule has 1 amide bonds. The first-order chi connectivity index (χ1) is 9.06. The van der Waals surface area contributed by atoms with Crippen molar-refractivity contribution in [3.63, 3.8) is 0 Å². The first-order valence-corrected chi connectivity index (χ1v) is 7.40. The average Bonchev–Trinajstić information content (AvgIpc) is 2.38. The zero-order valence-corrected chi connectivity index (χ0v) is 12.4. The third kappa shape index (κ3) is 3.82. The molecule has 1 aromatic rings. The highest BCUT2D eigenvalue weighted by molar-refractivity contribution is 5.76. The van der Waals surface area contributed by atoms with Crippen molar-refractivity contribution in [2.45, 2.75) is 46.5 Å². The molecule has 1 heterocycles. The fourth-order valence-corrected chi connectivity index (χ4v) is 2.78. The van der Waals surface area contributed by atoms with E-state index in [0.717, 1.165) is 38.3 Å². The summed E-state index contributed by atoms with van der Waals surface area (Å²) in [7, 11) is 0. The zero-order valence-electron chi connectivity index (χ0n) is 12.4. The maximum Gasteiger partial charge on any atom is 0.222 e. The molecule has 0 radical (unpaired) electrons. The molecule has 0 aromatic heterocycles. The summed E-state index contributed by atoms with van der Waals surface area (Å²) in [4.78, 5) is 14.2. The molecule has 2 nitrogen and oxygen atoms in total. The van der Waals surface area contributed by atoms with Gasteiger partial charge in [-0.05, 0) is 50.2 Å². The minimum Gasteiger partial charge on any atom is -0.343 e. The average molecular weight is 259 g/mol. The molecule has 2 heteroatoms. The van der Waals surface area contributed by atoms with Crippen LogP contribution in [0.5, 0.6) is 0 Å².